The fourth-order valence-corrected chi connectivity index (χ4v) is 2.43. The highest BCUT2D eigenvalue weighted by molar-refractivity contribution is 5.92. The second kappa shape index (κ2) is 7.79. The molecule has 0 aliphatic heterocycles. The minimum atomic E-state index is -0.0363. The van der Waals surface area contributed by atoms with Gasteiger partial charge in [-0.2, -0.15) is 0 Å². The van der Waals surface area contributed by atoms with Crippen LogP contribution in [-0.2, 0) is 11.4 Å². The molecule has 0 aliphatic carbocycles. The SMILES string of the molecule is COc1ccc(C(C)CC(=O)Nc2cc(CO)ccc2C)cc1. The van der Waals surface area contributed by atoms with Gasteiger partial charge in [-0.05, 0) is 47.7 Å². The van der Waals surface area contributed by atoms with Crippen LogP contribution in [0.2, 0.25) is 0 Å². The predicted octanol–water partition coefficient (Wildman–Crippen LogP) is 3.63. The molecule has 0 spiro atoms. The van der Waals surface area contributed by atoms with Crippen LogP contribution in [-0.4, -0.2) is 18.1 Å². The van der Waals surface area contributed by atoms with Crippen LogP contribution >= 0.6 is 0 Å². The summed E-state index contributed by atoms with van der Waals surface area (Å²) >= 11 is 0. The summed E-state index contributed by atoms with van der Waals surface area (Å²) in [6.07, 6.45) is 0.398. The lowest BCUT2D eigenvalue weighted by Gasteiger charge is -2.14. The van der Waals surface area contributed by atoms with Gasteiger partial charge in [-0.25, -0.2) is 0 Å². The van der Waals surface area contributed by atoms with Gasteiger partial charge in [-0.3, -0.25) is 4.79 Å². The van der Waals surface area contributed by atoms with Crippen LogP contribution in [0.5, 0.6) is 5.75 Å². The summed E-state index contributed by atoms with van der Waals surface area (Å²) in [6, 6.07) is 13.3. The van der Waals surface area contributed by atoms with Crippen molar-refractivity contribution in [1.82, 2.24) is 0 Å². The first-order valence-corrected chi connectivity index (χ1v) is 7.67. The molecule has 4 heteroatoms. The molecule has 23 heavy (non-hydrogen) atoms. The molecule has 122 valence electrons. The quantitative estimate of drug-likeness (QED) is 0.856. The minimum absolute atomic E-state index is 0.0356. The number of carbonyl (C=O) groups is 1. The zero-order valence-corrected chi connectivity index (χ0v) is 13.8. The molecule has 1 atom stereocenters. The standard InChI is InChI=1S/C19H23NO3/c1-13-4-5-15(12-21)11-18(13)20-19(22)10-14(2)16-6-8-17(23-3)9-7-16/h4-9,11,14,21H,10,12H2,1-3H3,(H,20,22). The molecular formula is C19H23NO3. The van der Waals surface area contributed by atoms with Gasteiger partial charge < -0.3 is 15.2 Å². The van der Waals surface area contributed by atoms with E-state index >= 15 is 0 Å². The molecule has 2 aromatic carbocycles. The molecule has 1 amide bonds. The number of ether oxygens (including phenoxy) is 1. The van der Waals surface area contributed by atoms with Crippen molar-refractivity contribution in [3.8, 4) is 5.75 Å². The fraction of sp³-hybridized carbons (Fsp3) is 0.316. The molecule has 1 unspecified atom stereocenters. The molecule has 2 aromatic rings. The van der Waals surface area contributed by atoms with E-state index in [4.69, 9.17) is 4.74 Å². The largest absolute Gasteiger partial charge is 0.497 e. The normalized spacial score (nSPS) is 11.8. The summed E-state index contributed by atoms with van der Waals surface area (Å²) in [4.78, 5) is 12.3. The number of rotatable bonds is 6. The van der Waals surface area contributed by atoms with Crippen LogP contribution in [0.3, 0.4) is 0 Å². The molecule has 0 saturated carbocycles. The molecule has 0 aliphatic rings. The zero-order valence-electron chi connectivity index (χ0n) is 13.8. The third-order valence-electron chi connectivity index (χ3n) is 3.94. The van der Waals surface area contributed by atoms with E-state index in [1.165, 1.54) is 0 Å². The Kier molecular flexibility index (Phi) is 5.77. The molecule has 2 rings (SSSR count). The van der Waals surface area contributed by atoms with Gasteiger partial charge in [0, 0.05) is 12.1 Å². The average Bonchev–Trinajstić information content (AvgIpc) is 2.56. The van der Waals surface area contributed by atoms with Crippen molar-refractivity contribution >= 4 is 11.6 Å². The Labute approximate surface area is 137 Å². The van der Waals surface area contributed by atoms with Crippen LogP contribution in [0.1, 0.15) is 36.0 Å². The van der Waals surface area contributed by atoms with Crippen molar-refractivity contribution in [3.63, 3.8) is 0 Å². The Balaban J connectivity index is 2.01. The second-order valence-electron chi connectivity index (χ2n) is 5.73. The predicted molar refractivity (Wildman–Crippen MR) is 91.8 cm³/mol. The fourth-order valence-electron chi connectivity index (χ4n) is 2.43. The van der Waals surface area contributed by atoms with Crippen LogP contribution in [0.15, 0.2) is 42.5 Å². The van der Waals surface area contributed by atoms with E-state index in [-0.39, 0.29) is 18.4 Å². The lowest BCUT2D eigenvalue weighted by atomic mass is 9.97. The number of benzene rings is 2. The van der Waals surface area contributed by atoms with Crippen molar-refractivity contribution in [1.29, 1.82) is 0 Å². The van der Waals surface area contributed by atoms with Gasteiger partial charge >= 0.3 is 0 Å². The Hall–Kier alpha value is -2.33. The van der Waals surface area contributed by atoms with Gasteiger partial charge in [0.2, 0.25) is 5.91 Å². The molecule has 0 bridgehead atoms. The summed E-state index contributed by atoms with van der Waals surface area (Å²) in [5.74, 6) is 0.885. The third-order valence-corrected chi connectivity index (χ3v) is 3.94. The van der Waals surface area contributed by atoms with Gasteiger partial charge in [-0.15, -0.1) is 0 Å². The van der Waals surface area contributed by atoms with E-state index in [2.05, 4.69) is 5.32 Å². The minimum Gasteiger partial charge on any atom is -0.497 e. The smallest absolute Gasteiger partial charge is 0.224 e. The maximum absolute atomic E-state index is 12.3. The number of aliphatic hydroxyl groups excluding tert-OH is 1. The van der Waals surface area contributed by atoms with Crippen molar-refractivity contribution in [3.05, 3.63) is 59.2 Å². The molecule has 4 nitrogen and oxygen atoms in total. The van der Waals surface area contributed by atoms with Crippen molar-refractivity contribution < 1.29 is 14.6 Å². The summed E-state index contributed by atoms with van der Waals surface area (Å²) < 4.78 is 5.14. The summed E-state index contributed by atoms with van der Waals surface area (Å²) in [6.45, 7) is 3.92. The van der Waals surface area contributed by atoms with E-state index in [0.29, 0.717) is 6.42 Å². The zero-order chi connectivity index (χ0) is 16.8. The average molecular weight is 313 g/mol. The second-order valence-corrected chi connectivity index (χ2v) is 5.73. The number of amides is 1. The number of methoxy groups -OCH3 is 1. The Morgan fingerprint density at radius 3 is 2.52 bits per heavy atom. The van der Waals surface area contributed by atoms with Crippen LogP contribution in [0.4, 0.5) is 5.69 Å². The maximum atomic E-state index is 12.3. The van der Waals surface area contributed by atoms with E-state index in [0.717, 1.165) is 28.1 Å². The van der Waals surface area contributed by atoms with Crippen molar-refractivity contribution in [2.45, 2.75) is 32.8 Å². The number of aliphatic hydroxyl groups is 1. The number of nitrogens with one attached hydrogen (secondary N) is 1. The first-order chi connectivity index (χ1) is 11.0. The molecule has 0 saturated heterocycles. The van der Waals surface area contributed by atoms with Gasteiger partial charge in [0.1, 0.15) is 5.75 Å². The van der Waals surface area contributed by atoms with Crippen LogP contribution in [0.25, 0.3) is 0 Å². The number of carbonyl (C=O) groups excluding carboxylic acids is 1. The van der Waals surface area contributed by atoms with Gasteiger partial charge in [0.05, 0.1) is 13.7 Å². The number of hydrogen-bond donors (Lipinski definition) is 2. The number of aryl methyl sites for hydroxylation is 1. The molecule has 0 fully saturated rings. The van der Waals surface area contributed by atoms with E-state index < -0.39 is 0 Å². The maximum Gasteiger partial charge on any atom is 0.224 e. The molecule has 0 heterocycles. The van der Waals surface area contributed by atoms with Gasteiger partial charge in [-0.1, -0.05) is 31.2 Å². The first-order valence-electron chi connectivity index (χ1n) is 7.67. The van der Waals surface area contributed by atoms with E-state index in [1.54, 1.807) is 7.11 Å². The Bertz CT molecular complexity index is 665. The summed E-state index contributed by atoms with van der Waals surface area (Å²) in [5, 5.41) is 12.1. The number of hydrogen-bond acceptors (Lipinski definition) is 3. The highest BCUT2D eigenvalue weighted by atomic mass is 16.5. The highest BCUT2D eigenvalue weighted by Crippen LogP contribution is 2.23. The summed E-state index contributed by atoms with van der Waals surface area (Å²) in [7, 11) is 1.63. The third kappa shape index (κ3) is 4.57. The highest BCUT2D eigenvalue weighted by Gasteiger charge is 2.12. The van der Waals surface area contributed by atoms with Gasteiger partial charge in [0.25, 0.3) is 0 Å². The molecular weight excluding hydrogens is 290 g/mol. The molecule has 0 radical (unpaired) electrons. The molecule has 2 N–H and O–H groups in total. The first kappa shape index (κ1) is 17.0. The number of anilines is 1. The van der Waals surface area contributed by atoms with Crippen LogP contribution < -0.4 is 10.1 Å². The summed E-state index contributed by atoms with van der Waals surface area (Å²) in [5.41, 5.74) is 3.62. The van der Waals surface area contributed by atoms with Crippen molar-refractivity contribution in [2.24, 2.45) is 0 Å². The van der Waals surface area contributed by atoms with E-state index in [9.17, 15) is 9.90 Å². The Morgan fingerprint density at radius 1 is 1.22 bits per heavy atom. The van der Waals surface area contributed by atoms with E-state index in [1.807, 2.05) is 56.3 Å². The van der Waals surface area contributed by atoms with Crippen LogP contribution in [0, 0.1) is 6.92 Å². The monoisotopic (exact) mass is 313 g/mol. The van der Waals surface area contributed by atoms with Crippen molar-refractivity contribution in [2.75, 3.05) is 12.4 Å². The lowest BCUT2D eigenvalue weighted by Crippen LogP contribution is -2.15. The lowest BCUT2D eigenvalue weighted by molar-refractivity contribution is -0.116. The Morgan fingerprint density at radius 2 is 1.91 bits per heavy atom. The molecule has 0 aromatic heterocycles. The van der Waals surface area contributed by atoms with Gasteiger partial charge in [0.15, 0.2) is 0 Å². The topological polar surface area (TPSA) is 58.6 Å².